The molecule has 0 aliphatic heterocycles. The number of para-hydroxylation sites is 1. The Morgan fingerprint density at radius 2 is 1.88 bits per heavy atom. The van der Waals surface area contributed by atoms with Crippen molar-refractivity contribution < 1.29 is 9.53 Å². The Labute approximate surface area is 104 Å². The van der Waals surface area contributed by atoms with Crippen LogP contribution in [-0.4, -0.2) is 6.41 Å². The summed E-state index contributed by atoms with van der Waals surface area (Å²) >= 11 is 6.03. The van der Waals surface area contributed by atoms with Crippen LogP contribution in [0.2, 0.25) is 5.02 Å². The van der Waals surface area contributed by atoms with Crippen LogP contribution in [0, 0.1) is 0 Å². The summed E-state index contributed by atoms with van der Waals surface area (Å²) in [6.07, 6.45) is 0.601. The van der Waals surface area contributed by atoms with Crippen molar-refractivity contribution in [3.8, 4) is 11.5 Å². The summed E-state index contributed by atoms with van der Waals surface area (Å²) in [6, 6.07) is 14.4. The van der Waals surface area contributed by atoms with Crippen LogP contribution in [0.25, 0.3) is 0 Å². The van der Waals surface area contributed by atoms with Gasteiger partial charge in [-0.15, -0.1) is 0 Å². The second kappa shape index (κ2) is 5.37. The van der Waals surface area contributed by atoms with E-state index < -0.39 is 0 Å². The Bertz CT molecular complexity index is 514. The predicted octanol–water partition coefficient (Wildman–Crippen LogP) is 3.70. The van der Waals surface area contributed by atoms with E-state index in [4.69, 9.17) is 16.3 Å². The molecule has 17 heavy (non-hydrogen) atoms. The number of amides is 1. The minimum Gasteiger partial charge on any atom is -0.456 e. The molecule has 2 rings (SSSR count). The number of rotatable bonds is 4. The van der Waals surface area contributed by atoms with Gasteiger partial charge in [-0.05, 0) is 30.3 Å². The van der Waals surface area contributed by atoms with Gasteiger partial charge in [0.25, 0.3) is 0 Å². The maximum absolute atomic E-state index is 10.3. The molecule has 0 spiro atoms. The minimum absolute atomic E-state index is 0.445. The molecule has 0 aromatic heterocycles. The van der Waals surface area contributed by atoms with Gasteiger partial charge in [-0.25, -0.2) is 0 Å². The number of carbonyl (C=O) groups is 1. The molecule has 0 atom stereocenters. The van der Waals surface area contributed by atoms with Gasteiger partial charge in [0.2, 0.25) is 6.41 Å². The van der Waals surface area contributed by atoms with Crippen LogP contribution in [-0.2, 0) is 4.79 Å². The lowest BCUT2D eigenvalue weighted by Gasteiger charge is -2.08. The van der Waals surface area contributed by atoms with Gasteiger partial charge in [0, 0.05) is 5.69 Å². The molecule has 0 heterocycles. The molecule has 4 heteroatoms. The average molecular weight is 248 g/mol. The SMILES string of the molecule is O=CNc1ccc(Oc2ccccc2)c(Cl)c1. The van der Waals surface area contributed by atoms with Gasteiger partial charge in [0.05, 0.1) is 5.02 Å². The van der Waals surface area contributed by atoms with Gasteiger partial charge >= 0.3 is 0 Å². The van der Waals surface area contributed by atoms with E-state index in [2.05, 4.69) is 5.32 Å². The van der Waals surface area contributed by atoms with Crippen LogP contribution in [0.3, 0.4) is 0 Å². The van der Waals surface area contributed by atoms with Gasteiger partial charge in [0.15, 0.2) is 0 Å². The number of benzene rings is 2. The molecule has 0 aliphatic carbocycles. The van der Waals surface area contributed by atoms with E-state index in [-0.39, 0.29) is 0 Å². The summed E-state index contributed by atoms with van der Waals surface area (Å²) in [5.41, 5.74) is 0.630. The van der Waals surface area contributed by atoms with Crippen molar-refractivity contribution >= 4 is 23.7 Å². The normalized spacial score (nSPS) is 9.71. The van der Waals surface area contributed by atoms with Crippen LogP contribution >= 0.6 is 11.6 Å². The number of halogens is 1. The molecule has 0 aliphatic rings. The van der Waals surface area contributed by atoms with Gasteiger partial charge in [-0.1, -0.05) is 29.8 Å². The lowest BCUT2D eigenvalue weighted by molar-refractivity contribution is -0.105. The fraction of sp³-hybridized carbons (Fsp3) is 0. The Morgan fingerprint density at radius 1 is 1.12 bits per heavy atom. The van der Waals surface area contributed by atoms with Gasteiger partial charge in [0.1, 0.15) is 11.5 Å². The third kappa shape index (κ3) is 2.98. The van der Waals surface area contributed by atoms with Gasteiger partial charge < -0.3 is 10.1 Å². The number of nitrogens with one attached hydrogen (secondary N) is 1. The highest BCUT2D eigenvalue weighted by Crippen LogP contribution is 2.31. The Kier molecular flexibility index (Phi) is 3.62. The first-order valence-corrected chi connectivity index (χ1v) is 5.40. The molecule has 0 unspecified atom stereocenters. The van der Waals surface area contributed by atoms with Crippen molar-refractivity contribution in [2.75, 3.05) is 5.32 Å². The van der Waals surface area contributed by atoms with Crippen molar-refractivity contribution in [1.29, 1.82) is 0 Å². The minimum atomic E-state index is 0.445. The van der Waals surface area contributed by atoms with Crippen LogP contribution < -0.4 is 10.1 Å². The van der Waals surface area contributed by atoms with Crippen molar-refractivity contribution in [2.45, 2.75) is 0 Å². The topological polar surface area (TPSA) is 38.3 Å². The van der Waals surface area contributed by atoms with Crippen molar-refractivity contribution in [3.05, 3.63) is 53.6 Å². The highest BCUT2D eigenvalue weighted by atomic mass is 35.5. The second-order valence-corrected chi connectivity index (χ2v) is 3.73. The first-order chi connectivity index (χ1) is 8.29. The molecule has 0 saturated heterocycles. The Balaban J connectivity index is 2.19. The summed E-state index contributed by atoms with van der Waals surface area (Å²) in [4.78, 5) is 10.3. The van der Waals surface area contributed by atoms with Crippen LogP contribution in [0.15, 0.2) is 48.5 Å². The maximum Gasteiger partial charge on any atom is 0.211 e. The highest BCUT2D eigenvalue weighted by Gasteiger charge is 2.03. The summed E-state index contributed by atoms with van der Waals surface area (Å²) in [6.45, 7) is 0. The van der Waals surface area contributed by atoms with Crippen molar-refractivity contribution in [1.82, 2.24) is 0 Å². The molecular formula is C13H10ClNO2. The van der Waals surface area contributed by atoms with E-state index in [0.717, 1.165) is 0 Å². The highest BCUT2D eigenvalue weighted by molar-refractivity contribution is 6.32. The third-order valence-corrected chi connectivity index (χ3v) is 2.42. The standard InChI is InChI=1S/C13H10ClNO2/c14-12-8-10(15-9-16)6-7-13(12)17-11-4-2-1-3-5-11/h1-9H,(H,15,16). The molecule has 0 saturated carbocycles. The molecule has 0 radical (unpaired) electrons. The van der Waals surface area contributed by atoms with Crippen molar-refractivity contribution in [3.63, 3.8) is 0 Å². The molecule has 1 amide bonds. The van der Waals surface area contributed by atoms with E-state index in [0.29, 0.717) is 28.6 Å². The summed E-state index contributed by atoms with van der Waals surface area (Å²) in [7, 11) is 0. The van der Waals surface area contributed by atoms with E-state index in [1.165, 1.54) is 0 Å². The largest absolute Gasteiger partial charge is 0.456 e. The van der Waals surface area contributed by atoms with Gasteiger partial charge in [-0.3, -0.25) is 4.79 Å². The summed E-state index contributed by atoms with van der Waals surface area (Å²) in [5, 5.41) is 2.96. The quantitative estimate of drug-likeness (QED) is 0.837. The smallest absolute Gasteiger partial charge is 0.211 e. The lowest BCUT2D eigenvalue weighted by Crippen LogP contribution is -1.93. The predicted molar refractivity (Wildman–Crippen MR) is 67.7 cm³/mol. The molecule has 1 N–H and O–H groups in total. The zero-order valence-corrected chi connectivity index (χ0v) is 9.65. The number of hydrogen-bond acceptors (Lipinski definition) is 2. The number of anilines is 1. The second-order valence-electron chi connectivity index (χ2n) is 3.32. The fourth-order valence-electron chi connectivity index (χ4n) is 1.36. The zero-order chi connectivity index (χ0) is 12.1. The van der Waals surface area contributed by atoms with Crippen molar-refractivity contribution in [2.24, 2.45) is 0 Å². The molecular weight excluding hydrogens is 238 g/mol. The molecule has 86 valence electrons. The molecule has 0 fully saturated rings. The molecule has 2 aromatic carbocycles. The summed E-state index contributed by atoms with van der Waals surface area (Å²) in [5.74, 6) is 1.26. The van der Waals surface area contributed by atoms with Crippen LogP contribution in [0.1, 0.15) is 0 Å². The Hall–Kier alpha value is -2.00. The number of hydrogen-bond donors (Lipinski definition) is 1. The van der Waals surface area contributed by atoms with Crippen LogP contribution in [0.5, 0.6) is 11.5 Å². The number of ether oxygens (including phenoxy) is 1. The maximum atomic E-state index is 10.3. The first-order valence-electron chi connectivity index (χ1n) is 5.02. The third-order valence-electron chi connectivity index (χ3n) is 2.13. The van der Waals surface area contributed by atoms with Gasteiger partial charge in [-0.2, -0.15) is 0 Å². The molecule has 2 aromatic rings. The molecule has 0 bridgehead atoms. The number of carbonyl (C=O) groups excluding carboxylic acids is 1. The van der Waals surface area contributed by atoms with E-state index in [1.54, 1.807) is 18.2 Å². The van der Waals surface area contributed by atoms with E-state index in [9.17, 15) is 4.79 Å². The lowest BCUT2D eigenvalue weighted by atomic mass is 10.3. The van der Waals surface area contributed by atoms with E-state index in [1.807, 2.05) is 30.3 Å². The monoisotopic (exact) mass is 247 g/mol. The fourth-order valence-corrected chi connectivity index (χ4v) is 1.58. The first kappa shape index (κ1) is 11.5. The zero-order valence-electron chi connectivity index (χ0n) is 8.89. The molecule has 3 nitrogen and oxygen atoms in total. The Morgan fingerprint density at radius 3 is 2.53 bits per heavy atom. The van der Waals surface area contributed by atoms with Crippen LogP contribution in [0.4, 0.5) is 5.69 Å². The summed E-state index contributed by atoms with van der Waals surface area (Å²) < 4.78 is 5.59. The van der Waals surface area contributed by atoms with E-state index >= 15 is 0 Å². The average Bonchev–Trinajstić information content (AvgIpc) is 2.34.